The van der Waals surface area contributed by atoms with Crippen LogP contribution in [0.1, 0.15) is 33.6 Å². The number of hydrogen-bond donors (Lipinski definition) is 1. The normalized spacial score (nSPS) is 14.5. The topological polar surface area (TPSA) is 20.2 Å². The van der Waals surface area contributed by atoms with E-state index in [2.05, 4.69) is 53.2 Å². The van der Waals surface area contributed by atoms with Crippen LogP contribution in [0.3, 0.4) is 0 Å². The van der Waals surface area contributed by atoms with Crippen LogP contribution in [0.2, 0.25) is 0 Å². The molecule has 106 valence electrons. The Morgan fingerprint density at radius 2 is 2.00 bits per heavy atom. The van der Waals surface area contributed by atoms with Crippen molar-refractivity contribution in [3.05, 3.63) is 42.0 Å². The van der Waals surface area contributed by atoms with Gasteiger partial charge in [-0.1, -0.05) is 45.8 Å². The molecule has 3 heteroatoms. The molecule has 1 nitrogen and oxygen atoms in total. The van der Waals surface area contributed by atoms with Crippen LogP contribution in [0.4, 0.5) is 0 Å². The van der Waals surface area contributed by atoms with E-state index in [4.69, 9.17) is 0 Å². The Labute approximate surface area is 129 Å². The van der Waals surface area contributed by atoms with Gasteiger partial charge in [0.15, 0.2) is 0 Å². The maximum Gasteiger partial charge on any atom is 0.0716 e. The van der Waals surface area contributed by atoms with Crippen molar-refractivity contribution < 1.29 is 5.11 Å². The van der Waals surface area contributed by atoms with Crippen LogP contribution in [-0.4, -0.2) is 21.3 Å². The second kappa shape index (κ2) is 8.13. The number of allylic oxidation sites excluding steroid dienone is 1. The van der Waals surface area contributed by atoms with Crippen molar-refractivity contribution in [2.24, 2.45) is 0 Å². The van der Waals surface area contributed by atoms with E-state index >= 15 is 0 Å². The summed E-state index contributed by atoms with van der Waals surface area (Å²) in [6.07, 6.45) is 4.26. The Hall–Kier alpha value is -0.250. The second-order valence-electron chi connectivity index (χ2n) is 5.33. The van der Waals surface area contributed by atoms with Crippen molar-refractivity contribution in [3.8, 4) is 0 Å². The molecule has 0 aliphatic heterocycles. The van der Waals surface area contributed by atoms with Crippen LogP contribution < -0.4 is 0 Å². The minimum atomic E-state index is -0.654. The molecule has 0 aliphatic rings. The molecule has 0 amide bonds. The van der Waals surface area contributed by atoms with Gasteiger partial charge in [0.05, 0.1) is 5.60 Å². The van der Waals surface area contributed by atoms with Gasteiger partial charge in [0.25, 0.3) is 0 Å². The van der Waals surface area contributed by atoms with Crippen molar-refractivity contribution >= 4 is 27.7 Å². The number of alkyl halides is 1. The zero-order valence-corrected chi connectivity index (χ0v) is 14.3. The third-order valence-electron chi connectivity index (χ3n) is 2.98. The average molecular weight is 343 g/mol. The monoisotopic (exact) mass is 342 g/mol. The zero-order chi connectivity index (χ0) is 14.3. The van der Waals surface area contributed by atoms with Crippen LogP contribution in [0, 0.1) is 0 Å². The first-order valence-electron chi connectivity index (χ1n) is 6.59. The minimum absolute atomic E-state index is 0.144. The lowest BCUT2D eigenvalue weighted by atomic mass is 9.99. The van der Waals surface area contributed by atoms with Crippen LogP contribution >= 0.6 is 27.7 Å². The average Bonchev–Trinajstić information content (AvgIpc) is 2.36. The van der Waals surface area contributed by atoms with E-state index in [0.717, 1.165) is 18.6 Å². The molecular weight excluding hydrogens is 320 g/mol. The molecule has 1 aromatic rings. The first-order chi connectivity index (χ1) is 8.89. The van der Waals surface area contributed by atoms with Gasteiger partial charge in [0, 0.05) is 15.5 Å². The van der Waals surface area contributed by atoms with Gasteiger partial charge < -0.3 is 5.11 Å². The Balaban J connectivity index is 2.30. The fraction of sp³-hybridized carbons (Fsp3) is 0.500. The number of benzene rings is 1. The standard InChI is InChI=1S/C16H23BrOS/c1-13(9-10-15(17)16(2,3)18)11-12-19-14-7-5-4-6-8-14/h4-8,11,15,18H,9-10,12H2,1-3H3/b13-11+. The lowest BCUT2D eigenvalue weighted by Crippen LogP contribution is -2.31. The number of hydrogen-bond acceptors (Lipinski definition) is 2. The zero-order valence-electron chi connectivity index (χ0n) is 11.9. The summed E-state index contributed by atoms with van der Waals surface area (Å²) in [6.45, 7) is 5.85. The lowest BCUT2D eigenvalue weighted by molar-refractivity contribution is 0.0774. The summed E-state index contributed by atoms with van der Waals surface area (Å²) in [5.74, 6) is 1.01. The Morgan fingerprint density at radius 3 is 2.58 bits per heavy atom. The largest absolute Gasteiger partial charge is 0.389 e. The highest BCUT2D eigenvalue weighted by Gasteiger charge is 2.23. The molecule has 0 aliphatic carbocycles. The van der Waals surface area contributed by atoms with Crippen molar-refractivity contribution in [1.82, 2.24) is 0 Å². The first kappa shape index (κ1) is 16.8. The Bertz CT molecular complexity index is 395. The fourth-order valence-corrected chi connectivity index (χ4v) is 2.75. The number of aliphatic hydroxyl groups is 1. The molecule has 0 heterocycles. The molecule has 1 N–H and O–H groups in total. The molecule has 0 spiro atoms. The molecule has 0 bridgehead atoms. The van der Waals surface area contributed by atoms with Crippen LogP contribution in [0.25, 0.3) is 0 Å². The molecule has 1 rings (SSSR count). The maximum absolute atomic E-state index is 9.85. The summed E-state index contributed by atoms with van der Waals surface area (Å²) in [5.41, 5.74) is 0.733. The maximum atomic E-state index is 9.85. The highest BCUT2D eigenvalue weighted by atomic mass is 79.9. The summed E-state index contributed by atoms with van der Waals surface area (Å²) in [7, 11) is 0. The second-order valence-corrected chi connectivity index (χ2v) is 7.53. The van der Waals surface area contributed by atoms with E-state index in [0.29, 0.717) is 0 Å². The molecule has 0 fully saturated rings. The SMILES string of the molecule is C/C(=C\CSc1ccccc1)CCC(Br)C(C)(C)O. The summed E-state index contributed by atoms with van der Waals surface area (Å²) in [6, 6.07) is 10.4. The smallest absolute Gasteiger partial charge is 0.0716 e. The molecule has 0 aromatic heterocycles. The van der Waals surface area contributed by atoms with Gasteiger partial charge in [0.2, 0.25) is 0 Å². The molecule has 0 saturated heterocycles. The molecule has 19 heavy (non-hydrogen) atoms. The van der Waals surface area contributed by atoms with Crippen molar-refractivity contribution in [2.45, 2.75) is 48.9 Å². The lowest BCUT2D eigenvalue weighted by Gasteiger charge is -2.24. The number of thioether (sulfide) groups is 1. The van der Waals surface area contributed by atoms with E-state index in [9.17, 15) is 5.11 Å². The third-order valence-corrected chi connectivity index (χ3v) is 5.50. The summed E-state index contributed by atoms with van der Waals surface area (Å²) < 4.78 is 0. The van der Waals surface area contributed by atoms with Crippen molar-refractivity contribution in [1.29, 1.82) is 0 Å². The van der Waals surface area contributed by atoms with Gasteiger partial charge in [0.1, 0.15) is 0 Å². The van der Waals surface area contributed by atoms with Gasteiger partial charge in [-0.15, -0.1) is 11.8 Å². The predicted octanol–water partition coefficient (Wildman–Crippen LogP) is 5.04. The number of halogens is 1. The minimum Gasteiger partial charge on any atom is -0.389 e. The third kappa shape index (κ3) is 7.19. The van der Waals surface area contributed by atoms with E-state index in [1.165, 1.54) is 10.5 Å². The molecule has 0 radical (unpaired) electrons. The fourth-order valence-electron chi connectivity index (χ4n) is 1.61. The molecular formula is C16H23BrOS. The van der Waals surface area contributed by atoms with Gasteiger partial charge in [-0.2, -0.15) is 0 Å². The van der Waals surface area contributed by atoms with Crippen molar-refractivity contribution in [2.75, 3.05) is 5.75 Å². The molecule has 0 saturated carbocycles. The van der Waals surface area contributed by atoms with Gasteiger partial charge in [-0.25, -0.2) is 0 Å². The Kier molecular flexibility index (Phi) is 7.19. The summed E-state index contributed by atoms with van der Waals surface area (Å²) in [5, 5.41) is 9.85. The number of rotatable bonds is 7. The van der Waals surface area contributed by atoms with E-state index in [1.807, 2.05) is 31.7 Å². The molecule has 1 unspecified atom stereocenters. The van der Waals surface area contributed by atoms with E-state index in [1.54, 1.807) is 0 Å². The predicted molar refractivity (Wildman–Crippen MR) is 89.2 cm³/mol. The Morgan fingerprint density at radius 1 is 1.37 bits per heavy atom. The van der Waals surface area contributed by atoms with Crippen LogP contribution in [0.5, 0.6) is 0 Å². The van der Waals surface area contributed by atoms with Gasteiger partial charge >= 0.3 is 0 Å². The van der Waals surface area contributed by atoms with Crippen molar-refractivity contribution in [3.63, 3.8) is 0 Å². The molecule has 1 atom stereocenters. The first-order valence-corrected chi connectivity index (χ1v) is 8.49. The van der Waals surface area contributed by atoms with Crippen LogP contribution in [0.15, 0.2) is 46.9 Å². The van der Waals surface area contributed by atoms with Gasteiger partial charge in [-0.3, -0.25) is 0 Å². The quantitative estimate of drug-likeness (QED) is 0.425. The van der Waals surface area contributed by atoms with Crippen LogP contribution in [-0.2, 0) is 0 Å². The summed E-state index contributed by atoms with van der Waals surface area (Å²) >= 11 is 5.40. The highest BCUT2D eigenvalue weighted by molar-refractivity contribution is 9.09. The van der Waals surface area contributed by atoms with Gasteiger partial charge in [-0.05, 0) is 45.7 Å². The summed E-state index contributed by atoms with van der Waals surface area (Å²) in [4.78, 5) is 1.45. The highest BCUT2D eigenvalue weighted by Crippen LogP contribution is 2.24. The molecule has 1 aromatic carbocycles. The van der Waals surface area contributed by atoms with E-state index in [-0.39, 0.29) is 4.83 Å². The van der Waals surface area contributed by atoms with E-state index < -0.39 is 5.60 Å².